The van der Waals surface area contributed by atoms with E-state index in [0.717, 1.165) is 16.7 Å². The van der Waals surface area contributed by atoms with Gasteiger partial charge in [-0.3, -0.25) is 4.72 Å². The SMILES string of the molecule is CCS(=O)(=O)Nc1ccc(-c2noc(-c3ccccc3C)n2)cc1. The summed E-state index contributed by atoms with van der Waals surface area (Å²) in [5.41, 5.74) is 3.20. The third-order valence-electron chi connectivity index (χ3n) is 3.60. The Morgan fingerprint density at radius 2 is 1.79 bits per heavy atom. The number of hydrogen-bond donors (Lipinski definition) is 1. The monoisotopic (exact) mass is 343 g/mol. The zero-order valence-corrected chi connectivity index (χ0v) is 14.2. The first kappa shape index (κ1) is 16.2. The molecule has 0 unspecified atom stereocenters. The number of sulfonamides is 1. The van der Waals surface area contributed by atoms with E-state index in [-0.39, 0.29) is 5.75 Å². The topological polar surface area (TPSA) is 85.1 Å². The van der Waals surface area contributed by atoms with Crippen LogP contribution in [0.3, 0.4) is 0 Å². The van der Waals surface area contributed by atoms with Crippen LogP contribution >= 0.6 is 0 Å². The van der Waals surface area contributed by atoms with Gasteiger partial charge in [-0.25, -0.2) is 8.42 Å². The summed E-state index contributed by atoms with van der Waals surface area (Å²) in [6, 6.07) is 14.6. The van der Waals surface area contributed by atoms with Gasteiger partial charge in [-0.15, -0.1) is 0 Å². The van der Waals surface area contributed by atoms with Crippen molar-refractivity contribution >= 4 is 15.7 Å². The van der Waals surface area contributed by atoms with Gasteiger partial charge in [-0.1, -0.05) is 23.4 Å². The Kier molecular flexibility index (Phi) is 4.35. The van der Waals surface area contributed by atoms with E-state index in [9.17, 15) is 8.42 Å². The van der Waals surface area contributed by atoms with Crippen molar-refractivity contribution in [3.8, 4) is 22.8 Å². The zero-order chi connectivity index (χ0) is 17.2. The standard InChI is InChI=1S/C17H17N3O3S/c1-3-24(21,22)20-14-10-8-13(9-11-14)16-18-17(23-19-16)15-7-5-4-6-12(15)2/h4-11,20H,3H2,1-2H3. The molecular formula is C17H17N3O3S. The van der Waals surface area contributed by atoms with Gasteiger partial charge < -0.3 is 4.52 Å². The van der Waals surface area contributed by atoms with Crippen LogP contribution < -0.4 is 4.72 Å². The molecule has 0 aliphatic heterocycles. The molecular weight excluding hydrogens is 326 g/mol. The molecule has 0 aliphatic carbocycles. The van der Waals surface area contributed by atoms with Crippen molar-refractivity contribution in [3.05, 3.63) is 54.1 Å². The highest BCUT2D eigenvalue weighted by Gasteiger charge is 2.13. The van der Waals surface area contributed by atoms with E-state index in [1.807, 2.05) is 31.2 Å². The Hall–Kier alpha value is -2.67. The number of hydrogen-bond acceptors (Lipinski definition) is 5. The minimum Gasteiger partial charge on any atom is -0.334 e. The molecule has 1 heterocycles. The van der Waals surface area contributed by atoms with Crippen molar-refractivity contribution in [1.82, 2.24) is 10.1 Å². The second kappa shape index (κ2) is 6.45. The fraction of sp³-hybridized carbons (Fsp3) is 0.176. The average Bonchev–Trinajstić information content (AvgIpc) is 3.05. The second-order valence-electron chi connectivity index (χ2n) is 5.32. The fourth-order valence-electron chi connectivity index (χ4n) is 2.20. The summed E-state index contributed by atoms with van der Waals surface area (Å²) in [7, 11) is -3.29. The predicted molar refractivity (Wildman–Crippen MR) is 93.0 cm³/mol. The molecule has 3 rings (SSSR count). The largest absolute Gasteiger partial charge is 0.334 e. The number of rotatable bonds is 5. The van der Waals surface area contributed by atoms with Crippen LogP contribution in [0.4, 0.5) is 5.69 Å². The highest BCUT2D eigenvalue weighted by atomic mass is 32.2. The minimum atomic E-state index is -3.29. The number of nitrogens with one attached hydrogen (secondary N) is 1. The number of aryl methyl sites for hydroxylation is 1. The normalized spacial score (nSPS) is 11.4. The van der Waals surface area contributed by atoms with Crippen LogP contribution in [-0.4, -0.2) is 24.3 Å². The van der Waals surface area contributed by atoms with E-state index >= 15 is 0 Å². The lowest BCUT2D eigenvalue weighted by Gasteiger charge is -2.05. The summed E-state index contributed by atoms with van der Waals surface area (Å²) >= 11 is 0. The van der Waals surface area contributed by atoms with E-state index in [4.69, 9.17) is 4.52 Å². The quantitative estimate of drug-likeness (QED) is 0.766. The van der Waals surface area contributed by atoms with E-state index in [0.29, 0.717) is 17.4 Å². The third kappa shape index (κ3) is 3.46. The maximum absolute atomic E-state index is 11.6. The molecule has 0 fully saturated rings. The summed E-state index contributed by atoms with van der Waals surface area (Å²) in [4.78, 5) is 4.42. The van der Waals surface area contributed by atoms with Crippen LogP contribution in [0.1, 0.15) is 12.5 Å². The van der Waals surface area contributed by atoms with Crippen molar-refractivity contribution in [2.75, 3.05) is 10.5 Å². The van der Waals surface area contributed by atoms with Crippen LogP contribution in [0, 0.1) is 6.92 Å². The molecule has 3 aromatic rings. The Balaban J connectivity index is 1.85. The molecule has 2 aromatic carbocycles. The number of benzene rings is 2. The molecule has 1 aromatic heterocycles. The van der Waals surface area contributed by atoms with Gasteiger partial charge in [0.05, 0.1) is 5.75 Å². The zero-order valence-electron chi connectivity index (χ0n) is 13.4. The second-order valence-corrected chi connectivity index (χ2v) is 7.33. The lowest BCUT2D eigenvalue weighted by molar-refractivity contribution is 0.432. The van der Waals surface area contributed by atoms with Gasteiger partial charge in [-0.2, -0.15) is 4.98 Å². The molecule has 7 heteroatoms. The molecule has 0 aliphatic rings. The molecule has 0 radical (unpaired) electrons. The maximum atomic E-state index is 11.6. The molecule has 1 N–H and O–H groups in total. The molecule has 0 spiro atoms. The van der Waals surface area contributed by atoms with Gasteiger partial charge in [0.15, 0.2) is 0 Å². The molecule has 0 bridgehead atoms. The first-order chi connectivity index (χ1) is 11.5. The van der Waals surface area contributed by atoms with Crippen LogP contribution in [0.25, 0.3) is 22.8 Å². The van der Waals surface area contributed by atoms with Crippen molar-refractivity contribution < 1.29 is 12.9 Å². The third-order valence-corrected chi connectivity index (χ3v) is 4.90. The van der Waals surface area contributed by atoms with Gasteiger partial charge in [0.25, 0.3) is 5.89 Å². The molecule has 124 valence electrons. The van der Waals surface area contributed by atoms with Crippen molar-refractivity contribution in [2.45, 2.75) is 13.8 Å². The predicted octanol–water partition coefficient (Wildman–Crippen LogP) is 3.47. The van der Waals surface area contributed by atoms with Gasteiger partial charge in [-0.05, 0) is 49.7 Å². The summed E-state index contributed by atoms with van der Waals surface area (Å²) in [5.74, 6) is 0.941. The summed E-state index contributed by atoms with van der Waals surface area (Å²) in [6.45, 7) is 3.57. The smallest absolute Gasteiger partial charge is 0.258 e. The van der Waals surface area contributed by atoms with E-state index in [1.54, 1.807) is 31.2 Å². The lowest BCUT2D eigenvalue weighted by atomic mass is 10.1. The number of aromatic nitrogens is 2. The average molecular weight is 343 g/mol. The molecule has 0 atom stereocenters. The van der Waals surface area contributed by atoms with Crippen molar-refractivity contribution in [2.24, 2.45) is 0 Å². The summed E-state index contributed by atoms with van der Waals surface area (Å²) < 4.78 is 31.0. The van der Waals surface area contributed by atoms with Gasteiger partial charge >= 0.3 is 0 Å². The first-order valence-electron chi connectivity index (χ1n) is 7.49. The molecule has 6 nitrogen and oxygen atoms in total. The van der Waals surface area contributed by atoms with E-state index in [2.05, 4.69) is 14.9 Å². The van der Waals surface area contributed by atoms with Gasteiger partial charge in [0, 0.05) is 16.8 Å². The molecule has 24 heavy (non-hydrogen) atoms. The highest BCUT2D eigenvalue weighted by Crippen LogP contribution is 2.25. The number of nitrogens with zero attached hydrogens (tertiary/aromatic N) is 2. The van der Waals surface area contributed by atoms with E-state index < -0.39 is 10.0 Å². The Morgan fingerprint density at radius 3 is 2.46 bits per heavy atom. The molecule has 0 saturated carbocycles. The summed E-state index contributed by atoms with van der Waals surface area (Å²) in [6.07, 6.45) is 0. The number of anilines is 1. The van der Waals surface area contributed by atoms with Gasteiger partial charge in [0.2, 0.25) is 15.8 Å². The van der Waals surface area contributed by atoms with Crippen LogP contribution in [0.5, 0.6) is 0 Å². The lowest BCUT2D eigenvalue weighted by Crippen LogP contribution is -2.14. The van der Waals surface area contributed by atoms with Crippen molar-refractivity contribution in [1.29, 1.82) is 0 Å². The molecule has 0 saturated heterocycles. The van der Waals surface area contributed by atoms with Crippen LogP contribution in [0.2, 0.25) is 0 Å². The Bertz CT molecular complexity index is 947. The minimum absolute atomic E-state index is 0.0272. The first-order valence-corrected chi connectivity index (χ1v) is 9.14. The van der Waals surface area contributed by atoms with Crippen LogP contribution in [0.15, 0.2) is 53.1 Å². The van der Waals surface area contributed by atoms with Crippen molar-refractivity contribution in [3.63, 3.8) is 0 Å². The van der Waals surface area contributed by atoms with Crippen LogP contribution in [-0.2, 0) is 10.0 Å². The summed E-state index contributed by atoms with van der Waals surface area (Å²) in [5, 5.41) is 4.00. The van der Waals surface area contributed by atoms with Gasteiger partial charge in [0.1, 0.15) is 0 Å². The highest BCUT2D eigenvalue weighted by molar-refractivity contribution is 7.92. The maximum Gasteiger partial charge on any atom is 0.258 e. The Morgan fingerprint density at radius 1 is 1.08 bits per heavy atom. The Labute approximate surface area is 140 Å². The fourth-order valence-corrected chi connectivity index (χ4v) is 2.84. The van der Waals surface area contributed by atoms with E-state index in [1.165, 1.54) is 0 Å². The molecule has 0 amide bonds.